The first-order valence-corrected chi connectivity index (χ1v) is 10.1. The molecule has 0 atom stereocenters. The summed E-state index contributed by atoms with van der Waals surface area (Å²) >= 11 is 1.32. The normalized spacial score (nSPS) is 10.4. The summed E-state index contributed by atoms with van der Waals surface area (Å²) in [7, 11) is 0. The van der Waals surface area contributed by atoms with E-state index in [9.17, 15) is 14.4 Å². The fourth-order valence-electron chi connectivity index (χ4n) is 2.84. The molecule has 3 amide bonds. The van der Waals surface area contributed by atoms with E-state index >= 15 is 0 Å². The molecule has 7 nitrogen and oxygen atoms in total. The Morgan fingerprint density at radius 2 is 1.47 bits per heavy atom. The van der Waals surface area contributed by atoms with Crippen molar-refractivity contribution in [2.75, 3.05) is 16.0 Å². The van der Waals surface area contributed by atoms with E-state index in [1.165, 1.54) is 36.3 Å². The van der Waals surface area contributed by atoms with Gasteiger partial charge in [0.2, 0.25) is 11.8 Å². The first-order chi connectivity index (χ1) is 14.2. The zero-order valence-corrected chi connectivity index (χ0v) is 17.9. The molecule has 30 heavy (non-hydrogen) atoms. The number of rotatable bonds is 5. The maximum Gasteiger partial charge on any atom is 0.257 e. The topological polar surface area (TPSA) is 100 Å². The first kappa shape index (κ1) is 21.2. The summed E-state index contributed by atoms with van der Waals surface area (Å²) in [5.41, 5.74) is 5.25. The van der Waals surface area contributed by atoms with Crippen LogP contribution >= 0.6 is 11.3 Å². The molecule has 0 fully saturated rings. The second kappa shape index (κ2) is 8.87. The van der Waals surface area contributed by atoms with E-state index in [2.05, 4.69) is 33.9 Å². The van der Waals surface area contributed by atoms with Gasteiger partial charge in [-0.3, -0.25) is 19.7 Å². The van der Waals surface area contributed by atoms with Crippen LogP contribution in [0.5, 0.6) is 0 Å². The van der Waals surface area contributed by atoms with Crippen molar-refractivity contribution >= 4 is 45.6 Å². The molecule has 0 saturated heterocycles. The summed E-state index contributed by atoms with van der Waals surface area (Å²) in [6.45, 7) is 6.84. The van der Waals surface area contributed by atoms with Crippen molar-refractivity contribution in [2.24, 2.45) is 0 Å². The van der Waals surface area contributed by atoms with E-state index in [0.29, 0.717) is 16.5 Å². The Morgan fingerprint density at radius 3 is 2.03 bits per heavy atom. The maximum atomic E-state index is 12.8. The third kappa shape index (κ3) is 5.30. The van der Waals surface area contributed by atoms with Gasteiger partial charge in [-0.05, 0) is 49.2 Å². The summed E-state index contributed by atoms with van der Waals surface area (Å²) in [4.78, 5) is 40.1. The number of anilines is 3. The van der Waals surface area contributed by atoms with Crippen molar-refractivity contribution in [3.05, 3.63) is 58.5 Å². The summed E-state index contributed by atoms with van der Waals surface area (Å²) in [5.74, 6) is -0.951. The smallest absolute Gasteiger partial charge is 0.257 e. The van der Waals surface area contributed by atoms with Gasteiger partial charge in [-0.2, -0.15) is 0 Å². The monoisotopic (exact) mass is 422 g/mol. The lowest BCUT2D eigenvalue weighted by Gasteiger charge is -2.10. The van der Waals surface area contributed by atoms with Crippen molar-refractivity contribution in [2.45, 2.75) is 27.7 Å². The Hall–Kier alpha value is -3.52. The summed E-state index contributed by atoms with van der Waals surface area (Å²) in [5, 5.41) is 10.4. The molecule has 0 aliphatic heterocycles. The van der Waals surface area contributed by atoms with E-state index in [-0.39, 0.29) is 17.4 Å². The van der Waals surface area contributed by atoms with Crippen LogP contribution in [0.3, 0.4) is 0 Å². The number of nitrogens with zero attached hydrogens (tertiary/aromatic N) is 1. The van der Waals surface area contributed by atoms with Gasteiger partial charge >= 0.3 is 0 Å². The van der Waals surface area contributed by atoms with E-state index < -0.39 is 5.91 Å². The van der Waals surface area contributed by atoms with Crippen LogP contribution < -0.4 is 16.0 Å². The number of amides is 3. The Bertz CT molecular complexity index is 1100. The zero-order chi connectivity index (χ0) is 21.8. The lowest BCUT2D eigenvalue weighted by atomic mass is 10.1. The highest BCUT2D eigenvalue weighted by molar-refractivity contribution is 7.14. The van der Waals surface area contributed by atoms with Gasteiger partial charge < -0.3 is 10.6 Å². The Labute approximate surface area is 178 Å². The summed E-state index contributed by atoms with van der Waals surface area (Å²) < 4.78 is 0. The second-order valence-electron chi connectivity index (χ2n) is 6.95. The standard InChI is InChI=1S/C22H22N4O3S/c1-12-5-6-16(7-13(12)2)20-11-30-22(25-20)26-21(29)17-8-18(23-14(3)27)10-19(9-17)24-15(4)28/h5-11H,1-4H3,(H,23,27)(H,24,28)(H,25,26,29). The average molecular weight is 423 g/mol. The van der Waals surface area contributed by atoms with Crippen LogP contribution in [0.1, 0.15) is 35.3 Å². The predicted molar refractivity (Wildman–Crippen MR) is 120 cm³/mol. The van der Waals surface area contributed by atoms with Crippen molar-refractivity contribution in [3.8, 4) is 11.3 Å². The minimum Gasteiger partial charge on any atom is -0.326 e. The largest absolute Gasteiger partial charge is 0.326 e. The number of aryl methyl sites for hydroxylation is 2. The summed E-state index contributed by atoms with van der Waals surface area (Å²) in [6, 6.07) is 10.8. The fraction of sp³-hybridized carbons (Fsp3) is 0.182. The number of carbonyl (C=O) groups is 3. The highest BCUT2D eigenvalue weighted by Gasteiger charge is 2.13. The molecule has 0 unspecified atom stereocenters. The Morgan fingerprint density at radius 1 is 0.833 bits per heavy atom. The molecule has 3 rings (SSSR count). The van der Waals surface area contributed by atoms with Crippen LogP contribution in [-0.4, -0.2) is 22.7 Å². The molecule has 1 heterocycles. The van der Waals surface area contributed by atoms with Crippen LogP contribution in [0.25, 0.3) is 11.3 Å². The zero-order valence-electron chi connectivity index (χ0n) is 17.1. The fourth-order valence-corrected chi connectivity index (χ4v) is 3.56. The SMILES string of the molecule is CC(=O)Nc1cc(NC(C)=O)cc(C(=O)Nc2nc(-c3ccc(C)c(C)c3)cs2)c1. The summed E-state index contributed by atoms with van der Waals surface area (Å²) in [6.07, 6.45) is 0. The highest BCUT2D eigenvalue weighted by atomic mass is 32.1. The molecule has 3 N–H and O–H groups in total. The Kier molecular flexibility index (Phi) is 6.27. The molecule has 8 heteroatoms. The Balaban J connectivity index is 1.83. The van der Waals surface area contributed by atoms with Crippen LogP contribution in [-0.2, 0) is 9.59 Å². The van der Waals surface area contributed by atoms with Crippen LogP contribution in [0.2, 0.25) is 0 Å². The van der Waals surface area contributed by atoms with Crippen molar-refractivity contribution < 1.29 is 14.4 Å². The number of carbonyl (C=O) groups excluding carboxylic acids is 3. The third-order valence-electron chi connectivity index (χ3n) is 4.36. The molecule has 0 saturated carbocycles. The number of benzene rings is 2. The molecule has 0 aliphatic carbocycles. The van der Waals surface area contributed by atoms with E-state index in [1.54, 1.807) is 18.2 Å². The lowest BCUT2D eigenvalue weighted by molar-refractivity contribution is -0.115. The predicted octanol–water partition coefficient (Wildman–Crippen LogP) is 4.60. The molecule has 2 aromatic carbocycles. The van der Waals surface area contributed by atoms with Gasteiger partial charge in [0.15, 0.2) is 5.13 Å². The van der Waals surface area contributed by atoms with Crippen molar-refractivity contribution in [1.82, 2.24) is 4.98 Å². The van der Waals surface area contributed by atoms with Gasteiger partial charge in [0.05, 0.1) is 5.69 Å². The third-order valence-corrected chi connectivity index (χ3v) is 5.12. The van der Waals surface area contributed by atoms with Crippen LogP contribution in [0, 0.1) is 13.8 Å². The molecular weight excluding hydrogens is 400 g/mol. The number of thiazole rings is 1. The van der Waals surface area contributed by atoms with Gasteiger partial charge in [0.25, 0.3) is 5.91 Å². The highest BCUT2D eigenvalue weighted by Crippen LogP contribution is 2.27. The van der Waals surface area contributed by atoms with Crippen molar-refractivity contribution in [1.29, 1.82) is 0 Å². The van der Waals surface area contributed by atoms with Gasteiger partial charge in [-0.25, -0.2) is 4.98 Å². The number of hydrogen-bond donors (Lipinski definition) is 3. The molecule has 0 radical (unpaired) electrons. The van der Waals surface area contributed by atoms with Gasteiger partial charge in [-0.1, -0.05) is 12.1 Å². The maximum absolute atomic E-state index is 12.8. The van der Waals surface area contributed by atoms with Crippen LogP contribution in [0.15, 0.2) is 41.8 Å². The molecule has 154 valence electrons. The van der Waals surface area contributed by atoms with E-state index in [4.69, 9.17) is 0 Å². The van der Waals surface area contributed by atoms with E-state index in [1.807, 2.05) is 24.4 Å². The van der Waals surface area contributed by atoms with Crippen LogP contribution in [0.4, 0.5) is 16.5 Å². The minimum absolute atomic E-state index is 0.278. The average Bonchev–Trinajstić information content (AvgIpc) is 3.11. The number of aromatic nitrogens is 1. The molecule has 0 bridgehead atoms. The molecule has 3 aromatic rings. The first-order valence-electron chi connectivity index (χ1n) is 9.26. The molecular formula is C22H22N4O3S. The number of hydrogen-bond acceptors (Lipinski definition) is 5. The quantitative estimate of drug-likeness (QED) is 0.560. The number of nitrogens with one attached hydrogen (secondary N) is 3. The van der Waals surface area contributed by atoms with Crippen molar-refractivity contribution in [3.63, 3.8) is 0 Å². The molecule has 0 aliphatic rings. The van der Waals surface area contributed by atoms with Gasteiger partial charge in [0, 0.05) is 41.7 Å². The lowest BCUT2D eigenvalue weighted by Crippen LogP contribution is -2.15. The van der Waals surface area contributed by atoms with Gasteiger partial charge in [0.1, 0.15) is 0 Å². The second-order valence-corrected chi connectivity index (χ2v) is 7.81. The minimum atomic E-state index is -0.394. The van der Waals surface area contributed by atoms with Gasteiger partial charge in [-0.15, -0.1) is 11.3 Å². The molecule has 1 aromatic heterocycles. The van der Waals surface area contributed by atoms with E-state index in [0.717, 1.165) is 11.3 Å². The molecule has 0 spiro atoms.